The monoisotopic (exact) mass is 445 g/mol. The van der Waals surface area contributed by atoms with E-state index < -0.39 is 0 Å². The van der Waals surface area contributed by atoms with E-state index in [0.29, 0.717) is 23.9 Å². The zero-order valence-corrected chi connectivity index (χ0v) is 18.7. The Morgan fingerprint density at radius 1 is 1.09 bits per heavy atom. The van der Waals surface area contributed by atoms with Crippen LogP contribution in [0, 0.1) is 19.7 Å². The molecule has 4 aromatic rings. The van der Waals surface area contributed by atoms with Gasteiger partial charge in [-0.15, -0.1) is 0 Å². The summed E-state index contributed by atoms with van der Waals surface area (Å²) in [5.74, 6) is 0.868. The second kappa shape index (κ2) is 8.27. The van der Waals surface area contributed by atoms with E-state index >= 15 is 0 Å². The molecule has 0 aliphatic heterocycles. The highest BCUT2D eigenvalue weighted by molar-refractivity contribution is 5.66. The van der Waals surface area contributed by atoms with Gasteiger partial charge in [0.25, 0.3) is 0 Å². The van der Waals surface area contributed by atoms with Crippen molar-refractivity contribution in [3.05, 3.63) is 87.2 Å². The minimum absolute atomic E-state index is 0.299. The average Bonchev–Trinajstić information content (AvgIpc) is 3.60. The first kappa shape index (κ1) is 21.1. The van der Waals surface area contributed by atoms with Crippen LogP contribution in [0.15, 0.2) is 53.5 Å². The van der Waals surface area contributed by atoms with Crippen LogP contribution >= 0.6 is 0 Å². The van der Waals surface area contributed by atoms with Crippen LogP contribution in [-0.4, -0.2) is 24.8 Å². The Kier molecular flexibility index (Phi) is 5.28. The molecule has 0 saturated heterocycles. The first-order chi connectivity index (χ1) is 15.9. The van der Waals surface area contributed by atoms with Gasteiger partial charge in [0, 0.05) is 18.2 Å². The summed E-state index contributed by atoms with van der Waals surface area (Å²) >= 11 is 0. The van der Waals surface area contributed by atoms with Crippen molar-refractivity contribution < 1.29 is 9.13 Å². The van der Waals surface area contributed by atoms with Crippen LogP contribution in [0.5, 0.6) is 5.75 Å². The number of aryl methyl sites for hydroxylation is 3. The van der Waals surface area contributed by atoms with E-state index in [-0.39, 0.29) is 11.5 Å². The fourth-order valence-electron chi connectivity index (χ4n) is 4.10. The molecular weight excluding hydrogens is 421 g/mol. The number of rotatable bonds is 6. The van der Waals surface area contributed by atoms with Crippen LogP contribution in [0.25, 0.3) is 16.9 Å². The summed E-state index contributed by atoms with van der Waals surface area (Å²) in [7, 11) is 1.58. The molecule has 1 aliphatic rings. The average molecular weight is 445 g/mol. The number of halogens is 1. The smallest absolute Gasteiger partial charge is 0.368 e. The third-order valence-corrected chi connectivity index (χ3v) is 6.05. The second-order valence-electron chi connectivity index (χ2n) is 8.50. The predicted octanol–water partition coefficient (Wildman–Crippen LogP) is 4.24. The zero-order valence-electron chi connectivity index (χ0n) is 18.7. The Labute approximate surface area is 190 Å². The van der Waals surface area contributed by atoms with Gasteiger partial charge in [-0.1, -0.05) is 12.1 Å². The molecule has 0 N–H and O–H groups in total. The maximum Gasteiger partial charge on any atom is 0.368 e. The molecule has 0 unspecified atom stereocenters. The first-order valence-corrected chi connectivity index (χ1v) is 10.9. The highest BCUT2D eigenvalue weighted by atomic mass is 19.1. The standard InChI is InChI=1S/C25H24FN5O2/c1-15-12-24(16(2)11-20(15)22-10-9-18(26)13-27-22)33-14-21-19(17-7-8-17)5-4-6-23(21)31-25(32)30(3)28-29-31/h4-6,9-13,17H,7-8,14H2,1-3H3. The molecule has 7 nitrogen and oxygen atoms in total. The van der Waals surface area contributed by atoms with Crippen molar-refractivity contribution in [1.82, 2.24) is 24.8 Å². The van der Waals surface area contributed by atoms with Gasteiger partial charge in [0.15, 0.2) is 0 Å². The van der Waals surface area contributed by atoms with Crippen LogP contribution in [0.2, 0.25) is 0 Å². The van der Waals surface area contributed by atoms with Crippen LogP contribution in [0.1, 0.15) is 41.0 Å². The minimum atomic E-state index is -0.361. The maximum atomic E-state index is 13.3. The molecule has 0 amide bonds. The van der Waals surface area contributed by atoms with Gasteiger partial charge < -0.3 is 4.74 Å². The van der Waals surface area contributed by atoms with Crippen molar-refractivity contribution in [3.8, 4) is 22.7 Å². The topological polar surface area (TPSA) is 74.8 Å². The third kappa shape index (κ3) is 4.04. The summed E-state index contributed by atoms with van der Waals surface area (Å²) in [6.45, 7) is 4.26. The van der Waals surface area contributed by atoms with Crippen molar-refractivity contribution in [3.63, 3.8) is 0 Å². The number of aromatic nitrogens is 5. The quantitative estimate of drug-likeness (QED) is 0.444. The van der Waals surface area contributed by atoms with Gasteiger partial charge in [0.2, 0.25) is 0 Å². The number of pyridine rings is 1. The molecule has 0 spiro atoms. The summed E-state index contributed by atoms with van der Waals surface area (Å²) < 4.78 is 22.1. The summed E-state index contributed by atoms with van der Waals surface area (Å²) in [6.07, 6.45) is 3.48. The van der Waals surface area contributed by atoms with Crippen LogP contribution < -0.4 is 10.4 Å². The highest BCUT2D eigenvalue weighted by Gasteiger charge is 2.28. The van der Waals surface area contributed by atoms with Gasteiger partial charge in [-0.05, 0) is 90.1 Å². The van der Waals surface area contributed by atoms with E-state index in [0.717, 1.165) is 40.8 Å². The number of tetrazole rings is 1. The molecule has 33 heavy (non-hydrogen) atoms. The molecule has 2 aromatic carbocycles. The van der Waals surface area contributed by atoms with Gasteiger partial charge in [0.05, 0.1) is 17.6 Å². The normalized spacial score (nSPS) is 13.3. The van der Waals surface area contributed by atoms with Crippen LogP contribution in [0.3, 0.4) is 0 Å². The van der Waals surface area contributed by atoms with Crippen molar-refractivity contribution in [2.24, 2.45) is 7.05 Å². The van der Waals surface area contributed by atoms with Crippen LogP contribution in [-0.2, 0) is 13.7 Å². The molecule has 1 fully saturated rings. The molecule has 0 bridgehead atoms. The van der Waals surface area contributed by atoms with E-state index in [1.165, 1.54) is 27.2 Å². The van der Waals surface area contributed by atoms with Gasteiger partial charge in [-0.2, -0.15) is 9.36 Å². The maximum absolute atomic E-state index is 13.3. The largest absolute Gasteiger partial charge is 0.489 e. The Bertz CT molecular complexity index is 1390. The number of hydrogen-bond donors (Lipinski definition) is 0. The molecule has 2 heterocycles. The molecular formula is C25H24FN5O2. The Hall–Kier alpha value is -3.81. The summed E-state index contributed by atoms with van der Waals surface area (Å²) in [4.78, 5) is 16.7. The fourth-order valence-corrected chi connectivity index (χ4v) is 4.10. The molecule has 168 valence electrons. The molecule has 1 saturated carbocycles. The molecule has 2 aromatic heterocycles. The van der Waals surface area contributed by atoms with Gasteiger partial charge in [0.1, 0.15) is 18.2 Å². The number of ether oxygens (including phenoxy) is 1. The first-order valence-electron chi connectivity index (χ1n) is 10.9. The van der Waals surface area contributed by atoms with Crippen molar-refractivity contribution in [2.75, 3.05) is 0 Å². The lowest BCUT2D eigenvalue weighted by atomic mass is 10.0. The van der Waals surface area contributed by atoms with E-state index in [1.54, 1.807) is 13.1 Å². The molecule has 0 radical (unpaired) electrons. The molecule has 0 atom stereocenters. The predicted molar refractivity (Wildman–Crippen MR) is 122 cm³/mol. The Morgan fingerprint density at radius 3 is 2.58 bits per heavy atom. The molecule has 8 heteroatoms. The van der Waals surface area contributed by atoms with Gasteiger partial charge in [-0.3, -0.25) is 4.98 Å². The SMILES string of the molecule is Cc1cc(-c2ccc(F)cn2)c(C)cc1OCc1c(C2CC2)cccc1-n1nnn(C)c1=O. The van der Waals surface area contributed by atoms with E-state index in [1.807, 2.05) is 38.1 Å². The zero-order chi connectivity index (χ0) is 23.1. The van der Waals surface area contributed by atoms with Gasteiger partial charge in [-0.25, -0.2) is 9.18 Å². The minimum Gasteiger partial charge on any atom is -0.489 e. The Balaban J connectivity index is 1.48. The molecule has 5 rings (SSSR count). The lowest BCUT2D eigenvalue weighted by Crippen LogP contribution is -2.23. The molecule has 1 aliphatic carbocycles. The van der Waals surface area contributed by atoms with Crippen molar-refractivity contribution in [2.45, 2.75) is 39.2 Å². The second-order valence-corrected chi connectivity index (χ2v) is 8.50. The fraction of sp³-hybridized carbons (Fsp3) is 0.280. The van der Waals surface area contributed by atoms with E-state index in [2.05, 4.69) is 21.5 Å². The summed E-state index contributed by atoms with van der Waals surface area (Å²) in [6, 6.07) is 13.0. The van der Waals surface area contributed by atoms with Crippen molar-refractivity contribution >= 4 is 0 Å². The number of nitrogens with zero attached hydrogens (tertiary/aromatic N) is 5. The summed E-state index contributed by atoms with van der Waals surface area (Å²) in [5, 5.41) is 7.89. The van der Waals surface area contributed by atoms with E-state index in [4.69, 9.17) is 4.74 Å². The highest BCUT2D eigenvalue weighted by Crippen LogP contribution is 2.43. The van der Waals surface area contributed by atoms with Crippen molar-refractivity contribution in [1.29, 1.82) is 0 Å². The summed E-state index contributed by atoms with van der Waals surface area (Å²) in [5.41, 5.74) is 6.11. The number of hydrogen-bond acceptors (Lipinski definition) is 5. The van der Waals surface area contributed by atoms with Gasteiger partial charge >= 0.3 is 5.69 Å². The van der Waals surface area contributed by atoms with Crippen LogP contribution in [0.4, 0.5) is 4.39 Å². The lowest BCUT2D eigenvalue weighted by molar-refractivity contribution is 0.302. The Morgan fingerprint density at radius 2 is 1.91 bits per heavy atom. The van der Waals surface area contributed by atoms with E-state index in [9.17, 15) is 9.18 Å². The third-order valence-electron chi connectivity index (χ3n) is 6.05. The lowest BCUT2D eigenvalue weighted by Gasteiger charge is -2.17. The number of benzene rings is 2.